The molecule has 0 atom stereocenters. The van der Waals surface area contributed by atoms with Crippen LogP contribution in [0.5, 0.6) is 5.75 Å². The van der Waals surface area contributed by atoms with Crippen LogP contribution in [0, 0.1) is 13.8 Å². The molecule has 1 heterocycles. The predicted molar refractivity (Wildman–Crippen MR) is 112 cm³/mol. The topological polar surface area (TPSA) is 80.1 Å². The summed E-state index contributed by atoms with van der Waals surface area (Å²) in [6, 6.07) is 12.1. The van der Waals surface area contributed by atoms with E-state index in [-0.39, 0.29) is 17.4 Å². The molecule has 2 aromatic carbocycles. The number of carbonyl (C=O) groups excluding carboxylic acids is 1. The van der Waals surface area contributed by atoms with Crippen LogP contribution in [0.2, 0.25) is 0 Å². The Labute approximate surface area is 172 Å². The van der Waals surface area contributed by atoms with E-state index in [2.05, 4.69) is 12.4 Å². The van der Waals surface area contributed by atoms with Crippen LogP contribution in [0.4, 0.5) is 5.69 Å². The van der Waals surface area contributed by atoms with Crippen LogP contribution < -0.4 is 15.0 Å². The molecule has 2 aromatic rings. The number of quaternary nitrogens is 1. The van der Waals surface area contributed by atoms with Crippen molar-refractivity contribution in [2.75, 3.05) is 45.2 Å². The molecular formula is C21H28N3O4S+. The monoisotopic (exact) mass is 418 g/mol. The van der Waals surface area contributed by atoms with E-state index in [1.165, 1.54) is 21.3 Å². The fraction of sp³-hybridized carbons (Fsp3) is 0.381. The van der Waals surface area contributed by atoms with Crippen molar-refractivity contribution in [2.24, 2.45) is 0 Å². The minimum Gasteiger partial charge on any atom is -0.483 e. The summed E-state index contributed by atoms with van der Waals surface area (Å²) >= 11 is 0. The normalized spacial score (nSPS) is 15.8. The Bertz CT molecular complexity index is 966. The molecule has 0 unspecified atom stereocenters. The predicted octanol–water partition coefficient (Wildman–Crippen LogP) is 0.840. The van der Waals surface area contributed by atoms with Gasteiger partial charge in [-0.2, -0.15) is 4.31 Å². The van der Waals surface area contributed by atoms with Gasteiger partial charge < -0.3 is 15.0 Å². The lowest BCUT2D eigenvalue weighted by atomic mass is 10.1. The number of benzene rings is 2. The van der Waals surface area contributed by atoms with Crippen molar-refractivity contribution in [1.29, 1.82) is 0 Å². The van der Waals surface area contributed by atoms with Gasteiger partial charge in [-0.05, 0) is 55.3 Å². The summed E-state index contributed by atoms with van der Waals surface area (Å²) in [4.78, 5) is 13.7. The minimum atomic E-state index is -3.50. The zero-order valence-electron chi connectivity index (χ0n) is 17.1. The molecule has 1 amide bonds. The Hall–Kier alpha value is -2.42. The van der Waals surface area contributed by atoms with E-state index in [9.17, 15) is 13.2 Å². The zero-order chi connectivity index (χ0) is 21.0. The first-order valence-corrected chi connectivity index (χ1v) is 11.1. The third-order valence-electron chi connectivity index (χ3n) is 5.05. The number of nitrogens with zero attached hydrogens (tertiary/aromatic N) is 1. The number of piperazine rings is 1. The Morgan fingerprint density at radius 1 is 1.10 bits per heavy atom. The standard InChI is InChI=1S/C21H27N3O4S/c1-16-4-5-17(2)20(14-16)28-15-21(25)22-18-6-8-19(9-7-18)29(26,27)24-12-10-23(3)11-13-24/h4-9,14H,10-13,15H2,1-3H3,(H,22,25)/p+1. The molecule has 0 radical (unpaired) electrons. The van der Waals surface area contributed by atoms with Gasteiger partial charge in [0.05, 0.1) is 38.1 Å². The van der Waals surface area contributed by atoms with Crippen LogP contribution in [0.1, 0.15) is 11.1 Å². The lowest BCUT2D eigenvalue weighted by Crippen LogP contribution is -3.12. The minimum absolute atomic E-state index is 0.117. The maximum atomic E-state index is 12.8. The van der Waals surface area contributed by atoms with Gasteiger partial charge >= 0.3 is 0 Å². The Kier molecular flexibility index (Phi) is 6.56. The molecule has 29 heavy (non-hydrogen) atoms. The van der Waals surface area contributed by atoms with Gasteiger partial charge in [-0.3, -0.25) is 4.79 Å². The van der Waals surface area contributed by atoms with Gasteiger partial charge in [0.15, 0.2) is 6.61 Å². The van der Waals surface area contributed by atoms with Crippen molar-refractivity contribution in [3.63, 3.8) is 0 Å². The van der Waals surface area contributed by atoms with Crippen molar-refractivity contribution in [3.8, 4) is 5.75 Å². The molecule has 3 rings (SSSR count). The highest BCUT2D eigenvalue weighted by atomic mass is 32.2. The molecule has 0 bridgehead atoms. The molecule has 7 nitrogen and oxygen atoms in total. The highest BCUT2D eigenvalue weighted by Crippen LogP contribution is 2.20. The van der Waals surface area contributed by atoms with E-state index >= 15 is 0 Å². The number of hydrogen-bond donors (Lipinski definition) is 2. The lowest BCUT2D eigenvalue weighted by Gasteiger charge is -2.29. The van der Waals surface area contributed by atoms with Gasteiger partial charge in [-0.25, -0.2) is 8.42 Å². The quantitative estimate of drug-likeness (QED) is 0.729. The number of anilines is 1. The highest BCUT2D eigenvalue weighted by molar-refractivity contribution is 7.89. The molecule has 1 aliphatic rings. The molecule has 1 aliphatic heterocycles. The fourth-order valence-corrected chi connectivity index (χ4v) is 4.61. The van der Waals surface area contributed by atoms with Gasteiger partial charge in [-0.15, -0.1) is 0 Å². The van der Waals surface area contributed by atoms with Gasteiger partial charge in [0.1, 0.15) is 5.75 Å². The number of ether oxygens (including phenoxy) is 1. The lowest BCUT2D eigenvalue weighted by molar-refractivity contribution is -0.883. The molecule has 0 aromatic heterocycles. The second kappa shape index (κ2) is 8.94. The molecule has 1 fully saturated rings. The molecule has 2 N–H and O–H groups in total. The van der Waals surface area contributed by atoms with Crippen molar-refractivity contribution in [1.82, 2.24) is 4.31 Å². The largest absolute Gasteiger partial charge is 0.483 e. The molecule has 1 saturated heterocycles. The average Bonchev–Trinajstić information content (AvgIpc) is 2.69. The van der Waals surface area contributed by atoms with E-state index in [0.717, 1.165) is 24.2 Å². The number of amides is 1. The fourth-order valence-electron chi connectivity index (χ4n) is 3.17. The number of rotatable bonds is 6. The summed E-state index contributed by atoms with van der Waals surface area (Å²) in [6.07, 6.45) is 0. The maximum Gasteiger partial charge on any atom is 0.262 e. The van der Waals surface area contributed by atoms with Crippen LogP contribution in [-0.4, -0.2) is 58.5 Å². The Morgan fingerprint density at radius 3 is 2.41 bits per heavy atom. The van der Waals surface area contributed by atoms with Crippen LogP contribution in [0.3, 0.4) is 0 Å². The molecular weight excluding hydrogens is 390 g/mol. The van der Waals surface area contributed by atoms with Crippen LogP contribution >= 0.6 is 0 Å². The maximum absolute atomic E-state index is 12.8. The summed E-state index contributed by atoms with van der Waals surface area (Å²) in [5.74, 6) is 0.374. The van der Waals surface area contributed by atoms with Crippen molar-refractivity contribution >= 4 is 21.6 Å². The second-order valence-corrected chi connectivity index (χ2v) is 9.43. The van der Waals surface area contributed by atoms with Gasteiger partial charge in [-0.1, -0.05) is 12.1 Å². The third-order valence-corrected chi connectivity index (χ3v) is 6.97. The number of sulfonamides is 1. The zero-order valence-corrected chi connectivity index (χ0v) is 17.9. The van der Waals surface area contributed by atoms with Crippen molar-refractivity contribution in [3.05, 3.63) is 53.6 Å². The molecule has 0 spiro atoms. The number of likely N-dealkylation sites (N-methyl/N-ethyl adjacent to an activating group) is 1. The second-order valence-electron chi connectivity index (χ2n) is 7.49. The molecule has 0 saturated carbocycles. The van der Waals surface area contributed by atoms with E-state index in [1.54, 1.807) is 12.1 Å². The first-order chi connectivity index (χ1) is 13.8. The van der Waals surface area contributed by atoms with E-state index in [1.807, 2.05) is 32.0 Å². The van der Waals surface area contributed by atoms with Crippen molar-refractivity contribution < 1.29 is 22.8 Å². The van der Waals surface area contributed by atoms with Crippen LogP contribution in [0.15, 0.2) is 47.4 Å². The molecule has 8 heteroatoms. The van der Waals surface area contributed by atoms with E-state index in [0.29, 0.717) is 24.5 Å². The highest BCUT2D eigenvalue weighted by Gasteiger charge is 2.29. The smallest absolute Gasteiger partial charge is 0.262 e. The first kappa shape index (κ1) is 21.3. The number of aryl methyl sites for hydroxylation is 2. The summed E-state index contributed by atoms with van der Waals surface area (Å²) in [5, 5.41) is 2.73. The Morgan fingerprint density at radius 2 is 1.76 bits per heavy atom. The summed E-state index contributed by atoms with van der Waals surface area (Å²) in [7, 11) is -1.44. The SMILES string of the molecule is Cc1ccc(C)c(OCC(=O)Nc2ccc(S(=O)(=O)N3CC[NH+](C)CC3)cc2)c1. The van der Waals surface area contributed by atoms with Crippen molar-refractivity contribution in [2.45, 2.75) is 18.7 Å². The van der Waals surface area contributed by atoms with Gasteiger partial charge in [0.25, 0.3) is 5.91 Å². The summed E-state index contributed by atoms with van der Waals surface area (Å²) in [5.41, 5.74) is 2.55. The third kappa shape index (κ3) is 5.35. The van der Waals surface area contributed by atoms with E-state index in [4.69, 9.17) is 4.74 Å². The van der Waals surface area contributed by atoms with Crippen LogP contribution in [0.25, 0.3) is 0 Å². The molecule has 156 valence electrons. The number of hydrogen-bond acceptors (Lipinski definition) is 4. The Balaban J connectivity index is 1.58. The molecule has 0 aliphatic carbocycles. The average molecular weight is 419 g/mol. The van der Waals surface area contributed by atoms with Gasteiger partial charge in [0, 0.05) is 5.69 Å². The van der Waals surface area contributed by atoms with Gasteiger partial charge in [0.2, 0.25) is 10.0 Å². The first-order valence-electron chi connectivity index (χ1n) is 9.67. The summed E-state index contributed by atoms with van der Waals surface area (Å²) < 4.78 is 32.6. The number of nitrogens with one attached hydrogen (secondary N) is 2. The van der Waals surface area contributed by atoms with Crippen LogP contribution in [-0.2, 0) is 14.8 Å². The number of carbonyl (C=O) groups is 1. The van der Waals surface area contributed by atoms with E-state index < -0.39 is 10.0 Å². The summed E-state index contributed by atoms with van der Waals surface area (Å²) in [6.45, 7) is 6.40.